The number of anilines is 1. The zero-order chi connectivity index (χ0) is 15.6. The van der Waals surface area contributed by atoms with E-state index in [0.717, 1.165) is 5.39 Å². The Bertz CT molecular complexity index is 675. The Morgan fingerprint density at radius 2 is 2.00 bits per heavy atom. The molecular weight excluding hydrogens is 272 g/mol. The maximum Gasteiger partial charge on any atom is 0.328 e. The van der Waals surface area contributed by atoms with Gasteiger partial charge in [-0.1, -0.05) is 13.8 Å². The first-order valence-electron chi connectivity index (χ1n) is 6.60. The summed E-state index contributed by atoms with van der Waals surface area (Å²) in [5, 5.41) is 3.36. The number of nitrogens with two attached hydrogens (primary N) is 1. The van der Waals surface area contributed by atoms with Crippen molar-refractivity contribution in [1.29, 1.82) is 0 Å². The quantitative estimate of drug-likeness (QED) is 0.663. The van der Waals surface area contributed by atoms with Crippen LogP contribution in [0.5, 0.6) is 0 Å². The number of methoxy groups -OCH3 is 1. The standard InChI is InChI=1S/C15H18N2O4/c1-8(2)13(15(19)20-3)17-14(18)12-7-9-6-10(16)4-5-11(9)21-12/h4-8,13H,16H2,1-3H3,(H,17,18). The van der Waals surface area contributed by atoms with Crippen molar-refractivity contribution in [3.8, 4) is 0 Å². The van der Waals surface area contributed by atoms with Gasteiger partial charge < -0.3 is 20.2 Å². The monoisotopic (exact) mass is 290 g/mol. The van der Waals surface area contributed by atoms with Crippen LogP contribution in [0.25, 0.3) is 11.0 Å². The minimum Gasteiger partial charge on any atom is -0.467 e. The van der Waals surface area contributed by atoms with Gasteiger partial charge in [-0.2, -0.15) is 0 Å². The highest BCUT2D eigenvalue weighted by Gasteiger charge is 2.26. The molecule has 0 aliphatic carbocycles. The molecule has 1 amide bonds. The highest BCUT2D eigenvalue weighted by atomic mass is 16.5. The van der Waals surface area contributed by atoms with Crippen LogP contribution in [0, 0.1) is 5.92 Å². The van der Waals surface area contributed by atoms with Crippen molar-refractivity contribution < 1.29 is 18.7 Å². The maximum absolute atomic E-state index is 12.2. The largest absolute Gasteiger partial charge is 0.467 e. The van der Waals surface area contributed by atoms with E-state index in [9.17, 15) is 9.59 Å². The fraction of sp³-hybridized carbons (Fsp3) is 0.333. The Kier molecular flexibility index (Phi) is 4.16. The molecule has 0 aliphatic heterocycles. The van der Waals surface area contributed by atoms with Gasteiger partial charge in [0.2, 0.25) is 0 Å². The number of amides is 1. The van der Waals surface area contributed by atoms with Crippen LogP contribution in [0.15, 0.2) is 28.7 Å². The van der Waals surface area contributed by atoms with Crippen LogP contribution in [-0.2, 0) is 9.53 Å². The minimum absolute atomic E-state index is 0.0959. The first-order chi connectivity index (χ1) is 9.92. The molecule has 112 valence electrons. The van der Waals surface area contributed by atoms with Gasteiger partial charge in [-0.25, -0.2) is 4.79 Å². The van der Waals surface area contributed by atoms with Gasteiger partial charge in [0.25, 0.3) is 5.91 Å². The summed E-state index contributed by atoms with van der Waals surface area (Å²) in [6.45, 7) is 3.64. The number of rotatable bonds is 4. The molecule has 1 heterocycles. The van der Waals surface area contributed by atoms with Gasteiger partial charge in [-0.05, 0) is 30.2 Å². The van der Waals surface area contributed by atoms with E-state index in [2.05, 4.69) is 10.1 Å². The summed E-state index contributed by atoms with van der Waals surface area (Å²) >= 11 is 0. The third kappa shape index (κ3) is 3.16. The number of fused-ring (bicyclic) bond motifs is 1. The molecule has 0 saturated carbocycles. The second kappa shape index (κ2) is 5.87. The van der Waals surface area contributed by atoms with E-state index in [1.54, 1.807) is 24.3 Å². The van der Waals surface area contributed by atoms with Crippen molar-refractivity contribution >= 4 is 28.5 Å². The van der Waals surface area contributed by atoms with Crippen molar-refractivity contribution in [3.63, 3.8) is 0 Å². The molecule has 6 heteroatoms. The Morgan fingerprint density at radius 3 is 2.62 bits per heavy atom. The first kappa shape index (κ1) is 14.9. The topological polar surface area (TPSA) is 94.6 Å². The van der Waals surface area contributed by atoms with Crippen molar-refractivity contribution in [1.82, 2.24) is 5.32 Å². The second-order valence-corrected chi connectivity index (χ2v) is 5.13. The second-order valence-electron chi connectivity index (χ2n) is 5.13. The molecule has 21 heavy (non-hydrogen) atoms. The van der Waals surface area contributed by atoms with E-state index in [4.69, 9.17) is 10.2 Å². The zero-order valence-corrected chi connectivity index (χ0v) is 12.2. The Balaban J connectivity index is 2.23. The molecular formula is C15H18N2O4. The molecule has 0 aliphatic rings. The normalized spacial score (nSPS) is 12.4. The van der Waals surface area contributed by atoms with E-state index in [1.165, 1.54) is 7.11 Å². The molecule has 0 bridgehead atoms. The number of esters is 1. The Morgan fingerprint density at radius 1 is 1.29 bits per heavy atom. The van der Waals surface area contributed by atoms with Crippen LogP contribution in [-0.4, -0.2) is 25.0 Å². The minimum atomic E-state index is -0.721. The van der Waals surface area contributed by atoms with E-state index in [1.807, 2.05) is 13.8 Å². The van der Waals surface area contributed by atoms with Crippen LogP contribution in [0.2, 0.25) is 0 Å². The lowest BCUT2D eigenvalue weighted by atomic mass is 10.0. The lowest BCUT2D eigenvalue weighted by molar-refractivity contribution is -0.144. The third-order valence-corrected chi connectivity index (χ3v) is 3.17. The molecule has 1 atom stereocenters. The van der Waals surface area contributed by atoms with Crippen LogP contribution in [0.1, 0.15) is 24.4 Å². The highest BCUT2D eigenvalue weighted by Crippen LogP contribution is 2.22. The highest BCUT2D eigenvalue weighted by molar-refractivity contribution is 5.98. The van der Waals surface area contributed by atoms with Crippen molar-refractivity contribution in [2.75, 3.05) is 12.8 Å². The Hall–Kier alpha value is -2.50. The molecule has 0 saturated heterocycles. The van der Waals surface area contributed by atoms with Gasteiger partial charge in [0, 0.05) is 11.1 Å². The fourth-order valence-electron chi connectivity index (χ4n) is 2.01. The predicted octanol–water partition coefficient (Wildman–Crippen LogP) is 1.94. The lowest BCUT2D eigenvalue weighted by Gasteiger charge is -2.18. The maximum atomic E-state index is 12.2. The zero-order valence-electron chi connectivity index (χ0n) is 12.2. The smallest absolute Gasteiger partial charge is 0.328 e. The van der Waals surface area contributed by atoms with Crippen molar-refractivity contribution in [2.24, 2.45) is 5.92 Å². The number of hydrogen-bond acceptors (Lipinski definition) is 5. The summed E-state index contributed by atoms with van der Waals surface area (Å²) < 4.78 is 10.1. The van der Waals surface area contributed by atoms with Crippen LogP contribution >= 0.6 is 0 Å². The number of hydrogen-bond donors (Lipinski definition) is 2. The summed E-state index contributed by atoms with van der Waals surface area (Å²) in [4.78, 5) is 23.8. The SMILES string of the molecule is COC(=O)C(NC(=O)c1cc2cc(N)ccc2o1)C(C)C. The number of nitrogen functional groups attached to an aromatic ring is 1. The van der Waals surface area contributed by atoms with E-state index in [0.29, 0.717) is 11.3 Å². The van der Waals surface area contributed by atoms with Crippen LogP contribution in [0.4, 0.5) is 5.69 Å². The summed E-state index contributed by atoms with van der Waals surface area (Å²) in [6, 6.07) is 5.98. The van der Waals surface area contributed by atoms with E-state index >= 15 is 0 Å². The molecule has 1 aromatic carbocycles. The summed E-state index contributed by atoms with van der Waals surface area (Å²) in [5.74, 6) is -0.917. The molecule has 1 unspecified atom stereocenters. The molecule has 0 spiro atoms. The van der Waals surface area contributed by atoms with E-state index in [-0.39, 0.29) is 11.7 Å². The average Bonchev–Trinajstić information content (AvgIpc) is 2.86. The van der Waals surface area contributed by atoms with E-state index < -0.39 is 17.9 Å². The van der Waals surface area contributed by atoms with Gasteiger partial charge in [0.05, 0.1) is 7.11 Å². The molecule has 6 nitrogen and oxygen atoms in total. The molecule has 0 radical (unpaired) electrons. The molecule has 1 aromatic heterocycles. The Labute approximate surface area is 122 Å². The number of nitrogens with one attached hydrogen (secondary N) is 1. The molecule has 2 aromatic rings. The predicted molar refractivity (Wildman–Crippen MR) is 78.7 cm³/mol. The molecule has 3 N–H and O–H groups in total. The fourth-order valence-corrected chi connectivity index (χ4v) is 2.01. The summed E-state index contributed by atoms with van der Waals surface area (Å²) in [5.41, 5.74) is 6.84. The number of carbonyl (C=O) groups excluding carboxylic acids is 2. The lowest BCUT2D eigenvalue weighted by Crippen LogP contribution is -2.44. The molecule has 0 fully saturated rings. The summed E-state index contributed by atoms with van der Waals surface area (Å²) in [7, 11) is 1.29. The van der Waals surface area contributed by atoms with Gasteiger partial charge >= 0.3 is 5.97 Å². The van der Waals surface area contributed by atoms with Crippen molar-refractivity contribution in [3.05, 3.63) is 30.0 Å². The summed E-state index contributed by atoms with van der Waals surface area (Å²) in [6.07, 6.45) is 0. The van der Waals surface area contributed by atoms with Gasteiger partial charge in [-0.3, -0.25) is 4.79 Å². The van der Waals surface area contributed by atoms with Crippen LogP contribution in [0.3, 0.4) is 0 Å². The number of ether oxygens (including phenoxy) is 1. The average molecular weight is 290 g/mol. The number of benzene rings is 1. The van der Waals surface area contributed by atoms with Gasteiger partial charge in [0.1, 0.15) is 11.6 Å². The molecule has 2 rings (SSSR count). The van der Waals surface area contributed by atoms with Gasteiger partial charge in [-0.15, -0.1) is 0 Å². The third-order valence-electron chi connectivity index (χ3n) is 3.17. The van der Waals surface area contributed by atoms with Crippen LogP contribution < -0.4 is 11.1 Å². The van der Waals surface area contributed by atoms with Crippen molar-refractivity contribution in [2.45, 2.75) is 19.9 Å². The first-order valence-corrected chi connectivity index (χ1v) is 6.60. The number of carbonyl (C=O) groups is 2. The van der Waals surface area contributed by atoms with Gasteiger partial charge in [0.15, 0.2) is 5.76 Å². The number of furan rings is 1.